The number of ketones is 1. The predicted molar refractivity (Wildman–Crippen MR) is 132 cm³/mol. The molecule has 1 aliphatic heterocycles. The van der Waals surface area contributed by atoms with Crippen molar-refractivity contribution < 1.29 is 33.6 Å². The van der Waals surface area contributed by atoms with Gasteiger partial charge in [-0.15, -0.1) is 0 Å². The highest BCUT2D eigenvalue weighted by Crippen LogP contribution is 2.43. The summed E-state index contributed by atoms with van der Waals surface area (Å²) in [7, 11) is 4.62. The zero-order valence-corrected chi connectivity index (χ0v) is 20.9. The van der Waals surface area contributed by atoms with Crippen LogP contribution in [-0.4, -0.2) is 62.8 Å². The van der Waals surface area contributed by atoms with E-state index in [0.29, 0.717) is 53.9 Å². The van der Waals surface area contributed by atoms with E-state index in [0.717, 1.165) is 0 Å². The Kier molecular flexibility index (Phi) is 8.76. The standard InChI is InChI=1S/C27H33NO7/c1-17(2)16-35-19-9-7-18(8-10-19)25(29)23-24(21-12-11-20(33-4)15-22(21)34-5)28(13-6-14-32-3)27(31)26(23)30/h7-12,15,17,24,29H,6,13-14,16H2,1-5H3/t24-/m0/s1. The van der Waals surface area contributed by atoms with E-state index in [2.05, 4.69) is 13.8 Å². The molecule has 8 nitrogen and oxygen atoms in total. The number of carbonyl (C=O) groups is 2. The van der Waals surface area contributed by atoms with E-state index in [9.17, 15) is 14.7 Å². The van der Waals surface area contributed by atoms with Crippen LogP contribution in [0.4, 0.5) is 0 Å². The first kappa shape index (κ1) is 26.1. The van der Waals surface area contributed by atoms with Crippen LogP contribution in [0.1, 0.15) is 37.4 Å². The number of amides is 1. The molecule has 35 heavy (non-hydrogen) atoms. The number of rotatable bonds is 11. The highest BCUT2D eigenvalue weighted by molar-refractivity contribution is 6.46. The number of hydrogen-bond donors (Lipinski definition) is 1. The number of aliphatic hydroxyl groups excluding tert-OH is 1. The molecule has 0 radical (unpaired) electrons. The van der Waals surface area contributed by atoms with Gasteiger partial charge in [0.2, 0.25) is 0 Å². The maximum Gasteiger partial charge on any atom is 0.295 e. The third kappa shape index (κ3) is 5.77. The van der Waals surface area contributed by atoms with Crippen LogP contribution in [0, 0.1) is 5.92 Å². The van der Waals surface area contributed by atoms with E-state index in [1.54, 1.807) is 56.7 Å². The number of carbonyl (C=O) groups excluding carboxylic acids is 2. The van der Waals surface area contributed by atoms with Crippen LogP contribution in [0.25, 0.3) is 5.76 Å². The van der Waals surface area contributed by atoms with Gasteiger partial charge >= 0.3 is 0 Å². The monoisotopic (exact) mass is 483 g/mol. The van der Waals surface area contributed by atoms with Gasteiger partial charge in [-0.3, -0.25) is 9.59 Å². The molecule has 1 N–H and O–H groups in total. The van der Waals surface area contributed by atoms with Crippen LogP contribution in [0.15, 0.2) is 48.0 Å². The van der Waals surface area contributed by atoms with E-state index < -0.39 is 17.7 Å². The van der Waals surface area contributed by atoms with Crippen LogP contribution in [-0.2, 0) is 14.3 Å². The van der Waals surface area contributed by atoms with Gasteiger partial charge in [-0.25, -0.2) is 0 Å². The van der Waals surface area contributed by atoms with Crippen molar-refractivity contribution in [2.45, 2.75) is 26.3 Å². The number of likely N-dealkylation sites (tertiary alicyclic amines) is 1. The highest BCUT2D eigenvalue weighted by Gasteiger charge is 2.46. The Hall–Kier alpha value is -3.52. The van der Waals surface area contributed by atoms with Crippen molar-refractivity contribution >= 4 is 17.4 Å². The lowest BCUT2D eigenvalue weighted by Gasteiger charge is -2.26. The summed E-state index contributed by atoms with van der Waals surface area (Å²) >= 11 is 0. The van der Waals surface area contributed by atoms with Crippen LogP contribution in [0.5, 0.6) is 17.2 Å². The van der Waals surface area contributed by atoms with Crippen LogP contribution in [0.3, 0.4) is 0 Å². The molecule has 1 aliphatic rings. The lowest BCUT2D eigenvalue weighted by atomic mass is 9.94. The predicted octanol–water partition coefficient (Wildman–Crippen LogP) is 4.20. The second-order valence-electron chi connectivity index (χ2n) is 8.68. The molecule has 0 unspecified atom stereocenters. The quantitative estimate of drug-likeness (QED) is 0.222. The summed E-state index contributed by atoms with van der Waals surface area (Å²) in [6.07, 6.45) is 0.528. The minimum atomic E-state index is -0.829. The van der Waals surface area contributed by atoms with Gasteiger partial charge in [0.05, 0.1) is 32.4 Å². The normalized spacial score (nSPS) is 17.2. The summed E-state index contributed by atoms with van der Waals surface area (Å²) in [6, 6.07) is 11.1. The second kappa shape index (κ2) is 11.8. The molecular weight excluding hydrogens is 450 g/mol. The van der Waals surface area contributed by atoms with Crippen LogP contribution < -0.4 is 14.2 Å². The lowest BCUT2D eigenvalue weighted by Crippen LogP contribution is -2.31. The summed E-state index contributed by atoms with van der Waals surface area (Å²) in [4.78, 5) is 27.7. The second-order valence-corrected chi connectivity index (χ2v) is 8.68. The molecule has 1 atom stereocenters. The van der Waals surface area contributed by atoms with Gasteiger partial charge in [0.1, 0.15) is 23.0 Å². The smallest absolute Gasteiger partial charge is 0.295 e. The largest absolute Gasteiger partial charge is 0.507 e. The van der Waals surface area contributed by atoms with Gasteiger partial charge in [0.15, 0.2) is 0 Å². The molecule has 188 valence electrons. The van der Waals surface area contributed by atoms with Gasteiger partial charge in [-0.1, -0.05) is 13.8 Å². The van der Waals surface area contributed by atoms with E-state index in [4.69, 9.17) is 18.9 Å². The van der Waals surface area contributed by atoms with Crippen LogP contribution in [0.2, 0.25) is 0 Å². The number of benzene rings is 2. The first-order chi connectivity index (χ1) is 16.8. The molecule has 1 heterocycles. The molecule has 0 spiro atoms. The van der Waals surface area contributed by atoms with Gasteiger partial charge < -0.3 is 29.0 Å². The van der Waals surface area contributed by atoms with E-state index in [-0.39, 0.29) is 17.9 Å². The molecule has 0 bridgehead atoms. The van der Waals surface area contributed by atoms with Crippen molar-refractivity contribution in [1.29, 1.82) is 0 Å². The highest BCUT2D eigenvalue weighted by atomic mass is 16.5. The van der Waals surface area contributed by atoms with Crippen molar-refractivity contribution in [3.05, 3.63) is 59.2 Å². The maximum absolute atomic E-state index is 13.2. The summed E-state index contributed by atoms with van der Waals surface area (Å²) in [5, 5.41) is 11.3. The third-order valence-corrected chi connectivity index (χ3v) is 5.73. The fourth-order valence-electron chi connectivity index (χ4n) is 3.98. The fraction of sp³-hybridized carbons (Fsp3) is 0.407. The minimum absolute atomic E-state index is 0.00623. The maximum atomic E-state index is 13.2. The van der Waals surface area contributed by atoms with E-state index in [1.165, 1.54) is 12.0 Å². The van der Waals surface area contributed by atoms with Crippen LogP contribution >= 0.6 is 0 Å². The Morgan fingerprint density at radius 3 is 2.29 bits per heavy atom. The summed E-state index contributed by atoms with van der Waals surface area (Å²) in [6.45, 7) is 5.37. The topological polar surface area (TPSA) is 94.5 Å². The van der Waals surface area contributed by atoms with Crippen molar-refractivity contribution in [1.82, 2.24) is 4.90 Å². The summed E-state index contributed by atoms with van der Waals surface area (Å²) in [5.74, 6) is 0.358. The summed E-state index contributed by atoms with van der Waals surface area (Å²) < 4.78 is 21.7. The first-order valence-electron chi connectivity index (χ1n) is 11.5. The zero-order chi connectivity index (χ0) is 25.5. The Labute approximate surface area is 206 Å². The number of ether oxygens (including phenoxy) is 4. The number of methoxy groups -OCH3 is 3. The van der Waals surface area contributed by atoms with E-state index >= 15 is 0 Å². The number of nitrogens with zero attached hydrogens (tertiary/aromatic N) is 1. The Morgan fingerprint density at radius 2 is 1.69 bits per heavy atom. The Bertz CT molecular complexity index is 1080. The fourth-order valence-corrected chi connectivity index (χ4v) is 3.98. The van der Waals surface area contributed by atoms with E-state index in [1.807, 2.05) is 0 Å². The Morgan fingerprint density at radius 1 is 1.00 bits per heavy atom. The average Bonchev–Trinajstić information content (AvgIpc) is 3.11. The molecule has 1 amide bonds. The Balaban J connectivity index is 2.08. The zero-order valence-electron chi connectivity index (χ0n) is 20.9. The molecule has 0 aromatic heterocycles. The first-order valence-corrected chi connectivity index (χ1v) is 11.5. The average molecular weight is 484 g/mol. The molecule has 3 rings (SSSR count). The van der Waals surface area contributed by atoms with Gasteiger partial charge in [-0.05, 0) is 48.7 Å². The molecule has 0 saturated carbocycles. The molecule has 2 aromatic rings. The van der Waals surface area contributed by atoms with Crippen molar-refractivity contribution in [3.8, 4) is 17.2 Å². The number of aliphatic hydroxyl groups is 1. The third-order valence-electron chi connectivity index (χ3n) is 5.73. The minimum Gasteiger partial charge on any atom is -0.507 e. The SMILES string of the molecule is COCCCN1C(=O)C(=O)C(=C(O)c2ccc(OCC(C)C)cc2)[C@@H]1c1ccc(OC)cc1OC. The van der Waals surface area contributed by atoms with Crippen molar-refractivity contribution in [3.63, 3.8) is 0 Å². The van der Waals surface area contributed by atoms with Gasteiger partial charge in [0.25, 0.3) is 11.7 Å². The lowest BCUT2D eigenvalue weighted by molar-refractivity contribution is -0.140. The number of Topliss-reactive ketones (excluding diaryl/α,β-unsaturated/α-hetero) is 1. The summed E-state index contributed by atoms with van der Waals surface area (Å²) in [5.41, 5.74) is 0.990. The molecular formula is C27H33NO7. The molecule has 8 heteroatoms. The van der Waals surface area contributed by atoms with Gasteiger partial charge in [-0.2, -0.15) is 0 Å². The molecule has 1 fully saturated rings. The van der Waals surface area contributed by atoms with Crippen molar-refractivity contribution in [2.24, 2.45) is 5.92 Å². The molecule has 0 aliphatic carbocycles. The molecule has 1 saturated heterocycles. The van der Waals surface area contributed by atoms with Gasteiger partial charge in [0, 0.05) is 37.5 Å². The van der Waals surface area contributed by atoms with Crippen molar-refractivity contribution in [2.75, 3.05) is 41.1 Å². The molecule has 2 aromatic carbocycles. The number of hydrogen-bond acceptors (Lipinski definition) is 7.